The summed E-state index contributed by atoms with van der Waals surface area (Å²) in [6.45, 7) is 8.04. The van der Waals surface area contributed by atoms with E-state index in [4.69, 9.17) is 4.98 Å². The zero-order chi connectivity index (χ0) is 25.9. The van der Waals surface area contributed by atoms with Gasteiger partial charge in [-0.2, -0.15) is 0 Å². The Hall–Kier alpha value is -3.00. The quantitative estimate of drug-likeness (QED) is 0.389. The van der Waals surface area contributed by atoms with E-state index in [1.165, 1.54) is 49.1 Å². The second kappa shape index (κ2) is 9.08. The number of hydrogen-bond acceptors (Lipinski definition) is 5. The molecule has 4 aromatic rings. The molecule has 0 N–H and O–H groups in total. The number of likely N-dealkylation sites (tertiary alicyclic amines) is 2. The Morgan fingerprint density at radius 3 is 2.08 bits per heavy atom. The molecule has 0 unspecified atom stereocenters. The van der Waals surface area contributed by atoms with Crippen LogP contribution in [0.25, 0.3) is 33.5 Å². The average molecular weight is 515 g/mol. The molecular weight excluding hydrogens is 480 g/mol. The summed E-state index contributed by atoms with van der Waals surface area (Å²) in [5, 5.41) is 0. The van der Waals surface area contributed by atoms with Crippen molar-refractivity contribution in [3.05, 3.63) is 71.8 Å². The van der Waals surface area contributed by atoms with E-state index in [2.05, 4.69) is 64.7 Å². The summed E-state index contributed by atoms with van der Waals surface area (Å²) < 4.78 is 25.8. The van der Waals surface area contributed by atoms with E-state index in [0.717, 1.165) is 46.4 Å². The third kappa shape index (κ3) is 4.60. The van der Waals surface area contributed by atoms with Crippen LogP contribution in [0.5, 0.6) is 0 Å². The highest BCUT2D eigenvalue weighted by Crippen LogP contribution is 2.33. The van der Waals surface area contributed by atoms with Crippen LogP contribution >= 0.6 is 0 Å². The van der Waals surface area contributed by atoms with Crippen LogP contribution < -0.4 is 0 Å². The van der Waals surface area contributed by atoms with Crippen LogP contribution in [0.4, 0.5) is 0 Å². The van der Waals surface area contributed by atoms with Crippen molar-refractivity contribution in [2.75, 3.05) is 39.5 Å². The third-order valence-corrected chi connectivity index (χ3v) is 9.28. The molecule has 2 atom stereocenters. The molecule has 0 spiro atoms. The second-order valence-corrected chi connectivity index (χ2v) is 13.1. The van der Waals surface area contributed by atoms with Crippen molar-refractivity contribution >= 4 is 20.9 Å². The molecule has 0 aliphatic carbocycles. The molecule has 1 aromatic heterocycles. The summed E-state index contributed by atoms with van der Waals surface area (Å²) in [6.07, 6.45) is 1.23. The Morgan fingerprint density at radius 2 is 1.46 bits per heavy atom. The van der Waals surface area contributed by atoms with Crippen molar-refractivity contribution in [3.63, 3.8) is 0 Å². The van der Waals surface area contributed by atoms with Gasteiger partial charge in [-0.25, -0.2) is 13.4 Å². The molecule has 192 valence electrons. The molecule has 0 bridgehead atoms. The van der Waals surface area contributed by atoms with Crippen LogP contribution in [-0.2, 0) is 23.4 Å². The highest BCUT2D eigenvalue weighted by molar-refractivity contribution is 7.90. The molecule has 3 aromatic carbocycles. The van der Waals surface area contributed by atoms with Gasteiger partial charge < -0.3 is 9.47 Å². The highest BCUT2D eigenvalue weighted by atomic mass is 32.2. The highest BCUT2D eigenvalue weighted by Gasteiger charge is 2.38. The largest absolute Gasteiger partial charge is 0.327 e. The summed E-state index contributed by atoms with van der Waals surface area (Å²) >= 11 is 0. The van der Waals surface area contributed by atoms with E-state index in [1.807, 2.05) is 19.2 Å². The molecular formula is C30H34N4O2S. The number of imidazole rings is 1. The lowest BCUT2D eigenvalue weighted by atomic mass is 10.0. The van der Waals surface area contributed by atoms with Gasteiger partial charge in [0.2, 0.25) is 0 Å². The molecule has 7 heteroatoms. The molecule has 2 fully saturated rings. The summed E-state index contributed by atoms with van der Waals surface area (Å²) in [6, 6.07) is 20.4. The third-order valence-electron chi connectivity index (χ3n) is 8.16. The van der Waals surface area contributed by atoms with Gasteiger partial charge in [-0.1, -0.05) is 24.3 Å². The van der Waals surface area contributed by atoms with E-state index >= 15 is 0 Å². The van der Waals surface area contributed by atoms with Gasteiger partial charge >= 0.3 is 0 Å². The topological polar surface area (TPSA) is 58.4 Å². The first kappa shape index (κ1) is 24.3. The molecule has 2 aliphatic heterocycles. The molecule has 0 radical (unpaired) electrons. The number of sulfone groups is 1. The summed E-state index contributed by atoms with van der Waals surface area (Å²) in [5.74, 6) is 2.49. The van der Waals surface area contributed by atoms with Crippen molar-refractivity contribution in [2.24, 2.45) is 18.9 Å². The number of aromatic nitrogens is 2. The molecule has 0 amide bonds. The molecule has 2 aliphatic rings. The molecule has 0 saturated carbocycles. The lowest BCUT2D eigenvalue weighted by Crippen LogP contribution is -2.26. The maximum Gasteiger partial charge on any atom is 0.175 e. The molecule has 6 rings (SSSR count). The minimum Gasteiger partial charge on any atom is -0.327 e. The summed E-state index contributed by atoms with van der Waals surface area (Å²) in [4.78, 5) is 10.3. The monoisotopic (exact) mass is 514 g/mol. The van der Waals surface area contributed by atoms with E-state index in [1.54, 1.807) is 12.1 Å². The van der Waals surface area contributed by atoms with Gasteiger partial charge in [0.15, 0.2) is 9.84 Å². The van der Waals surface area contributed by atoms with Crippen LogP contribution in [0.1, 0.15) is 11.1 Å². The van der Waals surface area contributed by atoms with Gasteiger partial charge in [-0.3, -0.25) is 4.90 Å². The Bertz CT molecular complexity index is 1560. The lowest BCUT2D eigenvalue weighted by Gasteiger charge is -2.19. The van der Waals surface area contributed by atoms with Gasteiger partial charge in [0.1, 0.15) is 5.82 Å². The number of hydrogen-bond donors (Lipinski definition) is 0. The fourth-order valence-corrected chi connectivity index (χ4v) is 6.88. The zero-order valence-corrected chi connectivity index (χ0v) is 22.8. The number of aryl methyl sites for hydroxylation is 2. The molecule has 6 nitrogen and oxygen atoms in total. The van der Waals surface area contributed by atoms with Crippen molar-refractivity contribution in [3.8, 4) is 22.5 Å². The first-order valence-corrected chi connectivity index (χ1v) is 14.8. The molecule has 2 saturated heterocycles. The minimum atomic E-state index is -3.23. The maximum absolute atomic E-state index is 11.8. The smallest absolute Gasteiger partial charge is 0.175 e. The maximum atomic E-state index is 11.8. The Labute approximate surface area is 219 Å². The van der Waals surface area contributed by atoms with Crippen molar-refractivity contribution in [1.82, 2.24) is 19.4 Å². The first-order chi connectivity index (χ1) is 17.7. The normalized spacial score (nSPS) is 20.6. The number of nitrogens with zero attached hydrogens (tertiary/aromatic N) is 4. The molecule has 37 heavy (non-hydrogen) atoms. The van der Waals surface area contributed by atoms with Crippen LogP contribution in [0.3, 0.4) is 0 Å². The second-order valence-electron chi connectivity index (χ2n) is 11.1. The van der Waals surface area contributed by atoms with Gasteiger partial charge in [-0.15, -0.1) is 0 Å². The molecule has 3 heterocycles. The van der Waals surface area contributed by atoms with E-state index in [0.29, 0.717) is 4.90 Å². The van der Waals surface area contributed by atoms with E-state index in [-0.39, 0.29) is 0 Å². The minimum absolute atomic E-state index is 0.317. The van der Waals surface area contributed by atoms with Gasteiger partial charge in [-0.05, 0) is 84.5 Å². The standard InChI is InChI=1S/C30H34N4O2S/c1-20-13-24(22-7-5-21(6-8-22)15-34-18-25-16-32(2)17-26(25)19-34)14-28-29(20)31-30(33(28)3)23-9-11-27(12-10-23)37(4,35)36/h5-14,25-26H,15-19H2,1-4H3/t25-,26+. The average Bonchev–Trinajstić information content (AvgIpc) is 3.50. The van der Waals surface area contributed by atoms with Crippen LogP contribution in [0.2, 0.25) is 0 Å². The SMILES string of the molecule is Cc1cc(-c2ccc(CN3C[C@H]4CN(C)C[C@H]4C3)cc2)cc2c1nc(-c1ccc(S(C)(=O)=O)cc1)n2C. The van der Waals surface area contributed by atoms with Gasteiger partial charge in [0.25, 0.3) is 0 Å². The predicted molar refractivity (Wildman–Crippen MR) is 149 cm³/mol. The van der Waals surface area contributed by atoms with E-state index in [9.17, 15) is 8.42 Å². The van der Waals surface area contributed by atoms with Crippen molar-refractivity contribution in [2.45, 2.75) is 18.4 Å². The van der Waals surface area contributed by atoms with Gasteiger partial charge in [0.05, 0.1) is 15.9 Å². The Morgan fingerprint density at radius 1 is 0.838 bits per heavy atom. The zero-order valence-electron chi connectivity index (χ0n) is 22.0. The lowest BCUT2D eigenvalue weighted by molar-refractivity contribution is 0.272. The Balaban J connectivity index is 1.24. The summed E-state index contributed by atoms with van der Waals surface area (Å²) in [7, 11) is 1.03. The van der Waals surface area contributed by atoms with Crippen molar-refractivity contribution in [1.29, 1.82) is 0 Å². The number of fused-ring (bicyclic) bond motifs is 2. The van der Waals surface area contributed by atoms with Crippen LogP contribution in [-0.4, -0.2) is 67.3 Å². The van der Waals surface area contributed by atoms with Crippen molar-refractivity contribution < 1.29 is 8.42 Å². The number of rotatable bonds is 5. The van der Waals surface area contributed by atoms with Crippen LogP contribution in [0.15, 0.2) is 65.6 Å². The van der Waals surface area contributed by atoms with Crippen LogP contribution in [0, 0.1) is 18.8 Å². The fourth-order valence-electron chi connectivity index (χ4n) is 6.25. The van der Waals surface area contributed by atoms with E-state index < -0.39 is 9.84 Å². The van der Waals surface area contributed by atoms with Gasteiger partial charge in [0, 0.05) is 51.6 Å². The first-order valence-electron chi connectivity index (χ1n) is 12.9. The Kier molecular flexibility index (Phi) is 5.97. The predicted octanol–water partition coefficient (Wildman–Crippen LogP) is 4.61. The summed E-state index contributed by atoms with van der Waals surface area (Å²) in [5.41, 5.74) is 7.81. The number of benzene rings is 3. The fraction of sp³-hybridized carbons (Fsp3) is 0.367.